The van der Waals surface area contributed by atoms with Crippen LogP contribution in [0.25, 0.3) is 17.0 Å². The lowest BCUT2D eigenvalue weighted by Crippen LogP contribution is -2.44. The minimum Gasteiger partial charge on any atom is -0.412 e. The second-order valence-electron chi connectivity index (χ2n) is 9.20. The fraction of sp³-hybridized carbons (Fsp3) is 0.476. The number of fused-ring (bicyclic) bond motifs is 1. The highest BCUT2D eigenvalue weighted by molar-refractivity contribution is 6.74. The van der Waals surface area contributed by atoms with Crippen LogP contribution in [0.15, 0.2) is 36.7 Å². The average Bonchev–Trinajstić information content (AvgIpc) is 3.27. The molecule has 6 nitrogen and oxygen atoms in total. The van der Waals surface area contributed by atoms with Crippen LogP contribution in [-0.4, -0.2) is 47.1 Å². The summed E-state index contributed by atoms with van der Waals surface area (Å²) in [5.74, 6) is 0. The molecule has 3 aromatic rings. The molecule has 4 heterocycles. The third kappa shape index (κ3) is 4.04. The van der Waals surface area contributed by atoms with Crippen LogP contribution in [0, 0.1) is 0 Å². The molecule has 0 radical (unpaired) electrons. The van der Waals surface area contributed by atoms with Crippen LogP contribution in [0.4, 0.5) is 5.69 Å². The highest BCUT2D eigenvalue weighted by atomic mass is 35.5. The second-order valence-corrected chi connectivity index (χ2v) is 14.3. The van der Waals surface area contributed by atoms with Gasteiger partial charge in [-0.05, 0) is 48.8 Å². The third-order valence-corrected chi connectivity index (χ3v) is 10.8. The van der Waals surface area contributed by atoms with Crippen molar-refractivity contribution in [1.82, 2.24) is 19.6 Å². The van der Waals surface area contributed by atoms with Gasteiger partial charge in [-0.2, -0.15) is 5.10 Å². The summed E-state index contributed by atoms with van der Waals surface area (Å²) in [6, 6.07) is 7.75. The first-order valence-corrected chi connectivity index (χ1v) is 13.3. The average molecular weight is 430 g/mol. The molecule has 29 heavy (non-hydrogen) atoms. The van der Waals surface area contributed by atoms with E-state index in [1.54, 1.807) is 16.8 Å². The van der Waals surface area contributed by atoms with Crippen LogP contribution in [0.2, 0.25) is 23.3 Å². The first kappa shape index (κ1) is 20.3. The predicted octanol–water partition coefficient (Wildman–Crippen LogP) is 5.05. The summed E-state index contributed by atoms with van der Waals surface area (Å²) >= 11 is 6.07. The van der Waals surface area contributed by atoms with Gasteiger partial charge in [-0.15, -0.1) is 0 Å². The summed E-state index contributed by atoms with van der Waals surface area (Å²) in [6.07, 6.45) is 4.97. The Bertz CT molecular complexity index is 1030. The normalized spacial score (nSPS) is 18.0. The molecule has 0 amide bonds. The maximum Gasteiger partial charge on any atom is 0.192 e. The standard InChI is InChI=1S/C21H28ClN5OSi/c1-21(2,3)29(4,5)28-16-9-11-26(14-16)15-8-10-23-17(12-15)18-13-24-20-7-6-19(22)25-27(18)20/h6-8,10,12-13,16H,9,11,14H2,1-5H3/t16-/m1/s1. The number of anilines is 1. The molecule has 1 aliphatic rings. The molecule has 0 aliphatic carbocycles. The number of rotatable bonds is 4. The SMILES string of the molecule is CC(C)(C)[Si](C)(C)O[C@@H]1CCN(c2ccnc(-c3cnc4ccc(Cl)nn34)c2)C1. The summed E-state index contributed by atoms with van der Waals surface area (Å²) in [5, 5.41) is 5.02. The Morgan fingerprint density at radius 1 is 1.17 bits per heavy atom. The van der Waals surface area contributed by atoms with E-state index in [1.165, 1.54) is 0 Å². The van der Waals surface area contributed by atoms with Crippen molar-refractivity contribution in [3.05, 3.63) is 41.8 Å². The van der Waals surface area contributed by atoms with Crippen LogP contribution in [0.1, 0.15) is 27.2 Å². The van der Waals surface area contributed by atoms with E-state index in [4.69, 9.17) is 16.0 Å². The fourth-order valence-electron chi connectivity index (χ4n) is 3.43. The molecule has 1 fully saturated rings. The lowest BCUT2D eigenvalue weighted by molar-refractivity contribution is 0.202. The van der Waals surface area contributed by atoms with Gasteiger partial charge in [-0.25, -0.2) is 9.50 Å². The zero-order valence-corrected chi connectivity index (χ0v) is 19.4. The summed E-state index contributed by atoms with van der Waals surface area (Å²) < 4.78 is 8.37. The van der Waals surface area contributed by atoms with Crippen molar-refractivity contribution in [1.29, 1.82) is 0 Å². The molecular weight excluding hydrogens is 402 g/mol. The number of hydrogen-bond donors (Lipinski definition) is 0. The predicted molar refractivity (Wildman–Crippen MR) is 120 cm³/mol. The van der Waals surface area contributed by atoms with Gasteiger partial charge in [0.15, 0.2) is 14.0 Å². The minimum atomic E-state index is -1.76. The van der Waals surface area contributed by atoms with E-state index in [0.717, 1.165) is 42.2 Å². The molecule has 1 atom stereocenters. The van der Waals surface area contributed by atoms with Gasteiger partial charge in [-0.3, -0.25) is 4.98 Å². The molecule has 1 saturated heterocycles. The fourth-order valence-corrected chi connectivity index (χ4v) is 4.95. The highest BCUT2D eigenvalue weighted by Crippen LogP contribution is 2.38. The molecule has 0 aromatic carbocycles. The highest BCUT2D eigenvalue weighted by Gasteiger charge is 2.40. The Labute approximate surface area is 178 Å². The van der Waals surface area contributed by atoms with Gasteiger partial charge in [0.25, 0.3) is 0 Å². The van der Waals surface area contributed by atoms with Crippen molar-refractivity contribution >= 4 is 31.3 Å². The smallest absolute Gasteiger partial charge is 0.192 e. The summed E-state index contributed by atoms with van der Waals surface area (Å²) in [5.41, 5.74) is 3.56. The van der Waals surface area contributed by atoms with Crippen LogP contribution < -0.4 is 4.90 Å². The molecule has 4 rings (SSSR count). The van der Waals surface area contributed by atoms with Gasteiger partial charge >= 0.3 is 0 Å². The van der Waals surface area contributed by atoms with Gasteiger partial charge in [0, 0.05) is 25.0 Å². The van der Waals surface area contributed by atoms with Crippen molar-refractivity contribution in [3.8, 4) is 11.4 Å². The van der Waals surface area contributed by atoms with E-state index >= 15 is 0 Å². The van der Waals surface area contributed by atoms with Crippen molar-refractivity contribution < 1.29 is 4.43 Å². The largest absolute Gasteiger partial charge is 0.412 e. The van der Waals surface area contributed by atoms with E-state index in [0.29, 0.717) is 5.15 Å². The Balaban J connectivity index is 1.55. The van der Waals surface area contributed by atoms with Gasteiger partial charge in [-0.1, -0.05) is 32.4 Å². The van der Waals surface area contributed by atoms with E-state index < -0.39 is 8.32 Å². The Morgan fingerprint density at radius 3 is 2.72 bits per heavy atom. The number of nitrogens with zero attached hydrogens (tertiary/aromatic N) is 5. The van der Waals surface area contributed by atoms with Crippen molar-refractivity contribution in [2.75, 3.05) is 18.0 Å². The van der Waals surface area contributed by atoms with E-state index in [2.05, 4.69) is 66.0 Å². The number of aromatic nitrogens is 4. The molecular formula is C21H28ClN5OSi. The summed E-state index contributed by atoms with van der Waals surface area (Å²) in [6.45, 7) is 13.4. The number of hydrogen-bond acceptors (Lipinski definition) is 5. The van der Waals surface area contributed by atoms with Gasteiger partial charge in [0.05, 0.1) is 18.0 Å². The molecule has 0 spiro atoms. The maximum atomic E-state index is 6.63. The van der Waals surface area contributed by atoms with Crippen molar-refractivity contribution in [3.63, 3.8) is 0 Å². The lowest BCUT2D eigenvalue weighted by atomic mass is 10.2. The first-order chi connectivity index (χ1) is 13.6. The lowest BCUT2D eigenvalue weighted by Gasteiger charge is -2.38. The van der Waals surface area contributed by atoms with Crippen molar-refractivity contribution in [2.45, 2.75) is 51.4 Å². The molecule has 0 saturated carbocycles. The summed E-state index contributed by atoms with van der Waals surface area (Å²) in [7, 11) is -1.76. The minimum absolute atomic E-state index is 0.224. The Hall–Kier alpha value is -1.96. The molecule has 154 valence electrons. The molecule has 0 bridgehead atoms. The second kappa shape index (κ2) is 7.38. The van der Waals surface area contributed by atoms with Crippen LogP contribution in [0.3, 0.4) is 0 Å². The quantitative estimate of drug-likeness (QED) is 0.543. The molecule has 1 aliphatic heterocycles. The van der Waals surface area contributed by atoms with Crippen molar-refractivity contribution in [2.24, 2.45) is 0 Å². The topological polar surface area (TPSA) is 55.5 Å². The Morgan fingerprint density at radius 2 is 1.97 bits per heavy atom. The summed E-state index contributed by atoms with van der Waals surface area (Å²) in [4.78, 5) is 11.3. The molecule has 8 heteroatoms. The first-order valence-electron chi connectivity index (χ1n) is 10.0. The van der Waals surface area contributed by atoms with Crippen LogP contribution in [0.5, 0.6) is 0 Å². The van der Waals surface area contributed by atoms with Crippen LogP contribution in [-0.2, 0) is 4.43 Å². The molecule has 3 aromatic heterocycles. The Kier molecular flexibility index (Phi) is 5.17. The number of imidazole rings is 1. The third-order valence-electron chi connectivity index (χ3n) is 6.11. The zero-order valence-electron chi connectivity index (χ0n) is 17.7. The maximum absolute atomic E-state index is 6.63. The molecule has 0 unspecified atom stereocenters. The number of pyridine rings is 1. The number of halogens is 1. The van der Waals surface area contributed by atoms with E-state index in [1.807, 2.05) is 12.3 Å². The van der Waals surface area contributed by atoms with E-state index in [9.17, 15) is 0 Å². The van der Waals surface area contributed by atoms with Gasteiger partial charge in [0.1, 0.15) is 10.8 Å². The van der Waals surface area contributed by atoms with Gasteiger partial charge < -0.3 is 9.33 Å². The van der Waals surface area contributed by atoms with Gasteiger partial charge in [0.2, 0.25) is 0 Å². The molecule has 0 N–H and O–H groups in total. The monoisotopic (exact) mass is 429 g/mol. The van der Waals surface area contributed by atoms with E-state index in [-0.39, 0.29) is 11.1 Å². The zero-order chi connectivity index (χ0) is 20.8. The van der Waals surface area contributed by atoms with Crippen LogP contribution >= 0.6 is 11.6 Å².